The number of nitrogens with one attached hydrogen (secondary N) is 2. The Morgan fingerprint density at radius 3 is 2.63 bits per heavy atom. The van der Waals surface area contributed by atoms with E-state index in [9.17, 15) is 4.79 Å². The number of rotatable bonds is 7. The number of carbonyl (C=O) groups is 1. The van der Waals surface area contributed by atoms with Crippen molar-refractivity contribution in [3.63, 3.8) is 0 Å². The van der Waals surface area contributed by atoms with E-state index < -0.39 is 0 Å². The third-order valence-electron chi connectivity index (χ3n) is 4.07. The molecule has 0 heterocycles. The van der Waals surface area contributed by atoms with E-state index >= 15 is 0 Å². The highest BCUT2D eigenvalue weighted by Crippen LogP contribution is 2.24. The molecular weight excluding hydrogens is 240 g/mol. The Morgan fingerprint density at radius 1 is 1.37 bits per heavy atom. The van der Waals surface area contributed by atoms with Gasteiger partial charge in [-0.2, -0.15) is 0 Å². The van der Waals surface area contributed by atoms with Crippen LogP contribution < -0.4 is 10.6 Å². The standard InChI is InChI=1S/C15H30N2O2/c1-11(2)9-13(7-8-18)10-16-15(19)17-14-6-4-5-12(14)3/h11-14,18H,4-10H2,1-3H3,(H2,16,17,19). The molecule has 0 aromatic heterocycles. The summed E-state index contributed by atoms with van der Waals surface area (Å²) in [5.41, 5.74) is 0. The molecule has 1 aliphatic carbocycles. The third-order valence-corrected chi connectivity index (χ3v) is 4.07. The lowest BCUT2D eigenvalue weighted by Crippen LogP contribution is -2.44. The summed E-state index contributed by atoms with van der Waals surface area (Å²) in [6.07, 6.45) is 5.33. The van der Waals surface area contributed by atoms with Crippen LogP contribution in [-0.2, 0) is 0 Å². The molecule has 0 radical (unpaired) electrons. The summed E-state index contributed by atoms with van der Waals surface area (Å²) in [7, 11) is 0. The Kier molecular flexibility index (Phi) is 7.21. The summed E-state index contributed by atoms with van der Waals surface area (Å²) < 4.78 is 0. The first kappa shape index (κ1) is 16.3. The first-order valence-corrected chi connectivity index (χ1v) is 7.68. The fourth-order valence-corrected chi connectivity index (χ4v) is 2.97. The molecule has 3 N–H and O–H groups in total. The molecule has 112 valence electrons. The summed E-state index contributed by atoms with van der Waals surface area (Å²) in [5, 5.41) is 15.1. The Morgan fingerprint density at radius 2 is 2.11 bits per heavy atom. The van der Waals surface area contributed by atoms with Gasteiger partial charge in [0.05, 0.1) is 0 Å². The van der Waals surface area contributed by atoms with Gasteiger partial charge < -0.3 is 15.7 Å². The summed E-state index contributed by atoms with van der Waals surface area (Å²) in [4.78, 5) is 11.9. The summed E-state index contributed by atoms with van der Waals surface area (Å²) in [6.45, 7) is 7.40. The van der Waals surface area contributed by atoms with Crippen LogP contribution in [0.1, 0.15) is 52.9 Å². The minimum Gasteiger partial charge on any atom is -0.396 e. The fraction of sp³-hybridized carbons (Fsp3) is 0.933. The van der Waals surface area contributed by atoms with E-state index in [1.165, 1.54) is 12.8 Å². The molecule has 1 rings (SSSR count). The lowest BCUT2D eigenvalue weighted by atomic mass is 9.94. The highest BCUT2D eigenvalue weighted by Gasteiger charge is 2.24. The highest BCUT2D eigenvalue weighted by atomic mass is 16.3. The fourth-order valence-electron chi connectivity index (χ4n) is 2.97. The molecule has 3 unspecified atom stereocenters. The second kappa shape index (κ2) is 8.41. The Labute approximate surface area is 117 Å². The second-order valence-corrected chi connectivity index (χ2v) is 6.38. The average Bonchev–Trinajstić information content (AvgIpc) is 2.72. The van der Waals surface area contributed by atoms with E-state index in [0.717, 1.165) is 19.3 Å². The maximum absolute atomic E-state index is 11.9. The van der Waals surface area contributed by atoms with E-state index in [-0.39, 0.29) is 12.6 Å². The normalized spacial score (nSPS) is 24.5. The molecule has 19 heavy (non-hydrogen) atoms. The highest BCUT2D eigenvalue weighted by molar-refractivity contribution is 5.74. The van der Waals surface area contributed by atoms with Crippen molar-refractivity contribution in [3.05, 3.63) is 0 Å². The van der Waals surface area contributed by atoms with E-state index in [2.05, 4.69) is 31.4 Å². The lowest BCUT2D eigenvalue weighted by molar-refractivity contribution is 0.221. The molecule has 0 bridgehead atoms. The van der Waals surface area contributed by atoms with Crippen LogP contribution in [0.3, 0.4) is 0 Å². The first-order valence-electron chi connectivity index (χ1n) is 7.68. The zero-order valence-corrected chi connectivity index (χ0v) is 12.6. The van der Waals surface area contributed by atoms with Crippen LogP contribution in [0.5, 0.6) is 0 Å². The zero-order valence-electron chi connectivity index (χ0n) is 12.6. The van der Waals surface area contributed by atoms with Crippen LogP contribution in [0.15, 0.2) is 0 Å². The topological polar surface area (TPSA) is 61.4 Å². The van der Waals surface area contributed by atoms with Crippen LogP contribution in [-0.4, -0.2) is 30.3 Å². The quantitative estimate of drug-likeness (QED) is 0.665. The van der Waals surface area contributed by atoms with Gasteiger partial charge in [-0.1, -0.05) is 27.2 Å². The number of urea groups is 1. The second-order valence-electron chi connectivity index (χ2n) is 6.38. The molecule has 0 aromatic rings. The van der Waals surface area contributed by atoms with Crippen LogP contribution in [0.25, 0.3) is 0 Å². The number of aliphatic hydroxyl groups excluding tert-OH is 1. The third kappa shape index (κ3) is 6.28. The number of carbonyl (C=O) groups excluding carboxylic acids is 1. The first-order chi connectivity index (χ1) is 9.02. The lowest BCUT2D eigenvalue weighted by Gasteiger charge is -2.21. The van der Waals surface area contributed by atoms with Crippen molar-refractivity contribution in [2.75, 3.05) is 13.2 Å². The van der Waals surface area contributed by atoms with Crippen molar-refractivity contribution in [1.82, 2.24) is 10.6 Å². The molecule has 0 aliphatic heterocycles. The Balaban J connectivity index is 2.26. The van der Waals surface area contributed by atoms with Crippen LogP contribution in [0.4, 0.5) is 4.79 Å². The summed E-state index contributed by atoms with van der Waals surface area (Å²) in [5.74, 6) is 1.56. The molecule has 1 aliphatic rings. The molecule has 3 atom stereocenters. The van der Waals surface area contributed by atoms with Crippen molar-refractivity contribution < 1.29 is 9.90 Å². The minimum absolute atomic E-state index is 0.0505. The van der Waals surface area contributed by atoms with Gasteiger partial charge >= 0.3 is 6.03 Å². The number of aliphatic hydroxyl groups is 1. The van der Waals surface area contributed by atoms with Gasteiger partial charge in [-0.25, -0.2) is 4.79 Å². The van der Waals surface area contributed by atoms with Crippen LogP contribution in [0, 0.1) is 17.8 Å². The van der Waals surface area contributed by atoms with Gasteiger partial charge in [-0.3, -0.25) is 0 Å². The van der Waals surface area contributed by atoms with Gasteiger partial charge in [0.1, 0.15) is 0 Å². The van der Waals surface area contributed by atoms with E-state index in [0.29, 0.717) is 30.3 Å². The number of hydrogen-bond donors (Lipinski definition) is 3. The molecule has 1 fully saturated rings. The van der Waals surface area contributed by atoms with Crippen molar-refractivity contribution in [3.8, 4) is 0 Å². The van der Waals surface area contributed by atoms with Crippen molar-refractivity contribution in [1.29, 1.82) is 0 Å². The smallest absolute Gasteiger partial charge is 0.315 e. The van der Waals surface area contributed by atoms with E-state index in [1.807, 2.05) is 0 Å². The Bertz CT molecular complexity index is 269. The van der Waals surface area contributed by atoms with E-state index in [4.69, 9.17) is 5.11 Å². The van der Waals surface area contributed by atoms with Gasteiger partial charge in [0, 0.05) is 19.2 Å². The summed E-state index contributed by atoms with van der Waals surface area (Å²) in [6, 6.07) is 0.284. The van der Waals surface area contributed by atoms with Crippen LogP contribution in [0.2, 0.25) is 0 Å². The predicted molar refractivity (Wildman–Crippen MR) is 78.0 cm³/mol. The van der Waals surface area contributed by atoms with Gasteiger partial charge in [0.25, 0.3) is 0 Å². The van der Waals surface area contributed by atoms with Crippen molar-refractivity contribution in [2.24, 2.45) is 17.8 Å². The van der Waals surface area contributed by atoms with Crippen LogP contribution >= 0.6 is 0 Å². The maximum atomic E-state index is 11.9. The van der Waals surface area contributed by atoms with E-state index in [1.54, 1.807) is 0 Å². The molecule has 0 spiro atoms. The Hall–Kier alpha value is -0.770. The number of amides is 2. The SMILES string of the molecule is CC(C)CC(CCO)CNC(=O)NC1CCCC1C. The average molecular weight is 270 g/mol. The molecular formula is C15H30N2O2. The maximum Gasteiger partial charge on any atom is 0.315 e. The molecule has 0 saturated heterocycles. The minimum atomic E-state index is -0.0505. The van der Waals surface area contributed by atoms with Gasteiger partial charge in [-0.15, -0.1) is 0 Å². The van der Waals surface area contributed by atoms with Crippen molar-refractivity contribution in [2.45, 2.75) is 58.9 Å². The van der Waals surface area contributed by atoms with Gasteiger partial charge in [-0.05, 0) is 43.4 Å². The zero-order chi connectivity index (χ0) is 14.3. The summed E-state index contributed by atoms with van der Waals surface area (Å²) >= 11 is 0. The van der Waals surface area contributed by atoms with Crippen molar-refractivity contribution >= 4 is 6.03 Å². The molecule has 1 saturated carbocycles. The monoisotopic (exact) mass is 270 g/mol. The van der Waals surface area contributed by atoms with Gasteiger partial charge in [0.15, 0.2) is 0 Å². The number of hydrogen-bond acceptors (Lipinski definition) is 2. The molecule has 4 heteroatoms. The largest absolute Gasteiger partial charge is 0.396 e. The molecule has 0 aromatic carbocycles. The molecule has 4 nitrogen and oxygen atoms in total. The molecule has 2 amide bonds. The predicted octanol–water partition coefficient (Wildman–Crippen LogP) is 2.52. The van der Waals surface area contributed by atoms with Gasteiger partial charge in [0.2, 0.25) is 0 Å².